The molecule has 9 heteroatoms. The number of amides is 2. The maximum absolute atomic E-state index is 13.8. The van der Waals surface area contributed by atoms with E-state index in [1.54, 1.807) is 22.0 Å². The molecule has 2 aromatic heterocycles. The number of carbonyl (C=O) groups excluding carboxylic acids is 2. The van der Waals surface area contributed by atoms with Crippen LogP contribution in [0.2, 0.25) is 5.02 Å². The van der Waals surface area contributed by atoms with Crippen molar-refractivity contribution in [3.63, 3.8) is 0 Å². The summed E-state index contributed by atoms with van der Waals surface area (Å²) in [6.07, 6.45) is 5.18. The SMILES string of the molecule is Cc1ccc(-n2c(SCC(=O)N3CCCC3=O)nc3sc4c(c3c2=O)CCCC4)cc1Cl. The zero-order chi connectivity index (χ0) is 22.4. The molecule has 5 rings (SSSR count). The third-order valence-corrected chi connectivity index (χ3v) is 8.59. The largest absolute Gasteiger partial charge is 0.282 e. The molecule has 0 N–H and O–H groups in total. The van der Waals surface area contributed by atoms with Gasteiger partial charge in [0.1, 0.15) is 4.83 Å². The van der Waals surface area contributed by atoms with Gasteiger partial charge in [-0.05, 0) is 62.3 Å². The molecule has 32 heavy (non-hydrogen) atoms. The number of hydrogen-bond acceptors (Lipinski definition) is 6. The van der Waals surface area contributed by atoms with Crippen LogP contribution in [0.25, 0.3) is 15.9 Å². The fourth-order valence-corrected chi connectivity index (χ4v) is 6.71. The number of nitrogens with zero attached hydrogens (tertiary/aromatic N) is 3. The Bertz CT molecular complexity index is 1310. The average Bonchev–Trinajstić information content (AvgIpc) is 3.37. The van der Waals surface area contributed by atoms with Crippen LogP contribution in [0, 0.1) is 6.92 Å². The lowest BCUT2D eigenvalue weighted by Crippen LogP contribution is -2.33. The number of benzene rings is 1. The number of fused-ring (bicyclic) bond motifs is 3. The second-order valence-electron chi connectivity index (χ2n) is 8.19. The number of carbonyl (C=O) groups is 2. The third-order valence-electron chi connectivity index (χ3n) is 6.07. The number of likely N-dealkylation sites (tertiary alicyclic amines) is 1. The van der Waals surface area contributed by atoms with Crippen LogP contribution in [-0.2, 0) is 22.4 Å². The van der Waals surface area contributed by atoms with Crippen LogP contribution in [0.5, 0.6) is 0 Å². The van der Waals surface area contributed by atoms with Crippen LogP contribution in [-0.4, -0.2) is 38.6 Å². The predicted octanol–water partition coefficient (Wildman–Crippen LogP) is 4.53. The molecule has 0 saturated carbocycles. The van der Waals surface area contributed by atoms with Gasteiger partial charge >= 0.3 is 0 Å². The summed E-state index contributed by atoms with van der Waals surface area (Å²) >= 11 is 9.15. The highest BCUT2D eigenvalue weighted by Crippen LogP contribution is 2.35. The minimum atomic E-state index is -0.245. The van der Waals surface area contributed by atoms with Gasteiger partial charge in [-0.25, -0.2) is 4.98 Å². The number of aryl methyl sites for hydroxylation is 3. The second-order valence-corrected chi connectivity index (χ2v) is 10.6. The molecule has 166 valence electrons. The van der Waals surface area contributed by atoms with Gasteiger partial charge in [0.25, 0.3) is 5.56 Å². The lowest BCUT2D eigenvalue weighted by atomic mass is 9.97. The lowest BCUT2D eigenvalue weighted by Gasteiger charge is -2.16. The van der Waals surface area contributed by atoms with Gasteiger partial charge in [0.05, 0.1) is 16.8 Å². The van der Waals surface area contributed by atoms with Crippen LogP contribution < -0.4 is 5.56 Å². The van der Waals surface area contributed by atoms with Crippen LogP contribution in [0.15, 0.2) is 28.2 Å². The van der Waals surface area contributed by atoms with Gasteiger partial charge in [0, 0.05) is 22.9 Å². The number of rotatable bonds is 4. The van der Waals surface area contributed by atoms with Crippen molar-refractivity contribution < 1.29 is 9.59 Å². The topological polar surface area (TPSA) is 72.3 Å². The Hall–Kier alpha value is -2.16. The van der Waals surface area contributed by atoms with E-state index < -0.39 is 0 Å². The third kappa shape index (κ3) is 3.78. The molecule has 6 nitrogen and oxygen atoms in total. The van der Waals surface area contributed by atoms with Crippen molar-refractivity contribution in [2.24, 2.45) is 0 Å². The van der Waals surface area contributed by atoms with E-state index in [0.29, 0.717) is 40.6 Å². The smallest absolute Gasteiger partial charge is 0.267 e. The Morgan fingerprint density at radius 2 is 2.00 bits per heavy atom. The Labute approximate surface area is 198 Å². The lowest BCUT2D eigenvalue weighted by molar-refractivity contribution is -0.140. The molecule has 0 unspecified atom stereocenters. The Morgan fingerprint density at radius 3 is 2.75 bits per heavy atom. The summed E-state index contributed by atoms with van der Waals surface area (Å²) in [4.78, 5) is 46.4. The minimum Gasteiger partial charge on any atom is -0.282 e. The van der Waals surface area contributed by atoms with Gasteiger partial charge in [0.15, 0.2) is 5.16 Å². The standard InChI is InChI=1S/C23H22ClN3O3S2/c1-13-8-9-14(11-16(13)24)27-22(30)20-15-5-2-3-6-17(15)32-21(20)25-23(27)31-12-19(29)26-10-4-7-18(26)28/h8-9,11H,2-7,10,12H2,1H3. The summed E-state index contributed by atoms with van der Waals surface area (Å²) < 4.78 is 1.57. The quantitative estimate of drug-likeness (QED) is 0.399. The molecule has 1 aromatic carbocycles. The summed E-state index contributed by atoms with van der Waals surface area (Å²) in [7, 11) is 0. The average molecular weight is 488 g/mol. The second kappa shape index (κ2) is 8.65. The highest BCUT2D eigenvalue weighted by atomic mass is 35.5. The predicted molar refractivity (Wildman–Crippen MR) is 128 cm³/mol. The minimum absolute atomic E-state index is 0.0500. The van der Waals surface area contributed by atoms with Gasteiger partial charge in [-0.15, -0.1) is 11.3 Å². The number of thioether (sulfide) groups is 1. The number of aromatic nitrogens is 2. The highest BCUT2D eigenvalue weighted by Gasteiger charge is 2.28. The van der Waals surface area contributed by atoms with Gasteiger partial charge in [-0.3, -0.25) is 23.9 Å². The van der Waals surface area contributed by atoms with Crippen LogP contribution >= 0.6 is 34.7 Å². The molecule has 1 aliphatic carbocycles. The van der Waals surface area contributed by atoms with Crippen LogP contribution in [0.3, 0.4) is 0 Å². The van der Waals surface area contributed by atoms with Crippen molar-refractivity contribution >= 4 is 56.7 Å². The molecule has 0 spiro atoms. The van der Waals surface area contributed by atoms with E-state index in [-0.39, 0.29) is 23.1 Å². The number of halogens is 1. The molecule has 0 bridgehead atoms. The maximum atomic E-state index is 13.8. The normalized spacial score (nSPS) is 16.1. The van der Waals surface area contributed by atoms with E-state index in [1.165, 1.54) is 21.5 Å². The van der Waals surface area contributed by atoms with E-state index in [1.807, 2.05) is 19.1 Å². The molecule has 0 atom stereocenters. The summed E-state index contributed by atoms with van der Waals surface area (Å²) in [6, 6.07) is 5.49. The molecule has 3 heterocycles. The van der Waals surface area contributed by atoms with E-state index in [2.05, 4.69) is 0 Å². The van der Waals surface area contributed by atoms with Crippen molar-refractivity contribution in [3.8, 4) is 5.69 Å². The van der Waals surface area contributed by atoms with Gasteiger partial charge in [0.2, 0.25) is 11.8 Å². The first-order chi connectivity index (χ1) is 15.4. The van der Waals surface area contributed by atoms with E-state index in [0.717, 1.165) is 41.6 Å². The molecular formula is C23H22ClN3O3S2. The monoisotopic (exact) mass is 487 g/mol. The van der Waals surface area contributed by atoms with Crippen molar-refractivity contribution in [2.75, 3.05) is 12.3 Å². The first-order valence-corrected chi connectivity index (χ1v) is 12.9. The zero-order valence-electron chi connectivity index (χ0n) is 17.6. The summed E-state index contributed by atoms with van der Waals surface area (Å²) in [6.45, 7) is 2.37. The summed E-state index contributed by atoms with van der Waals surface area (Å²) in [5, 5.41) is 1.70. The molecule has 2 aliphatic rings. The van der Waals surface area contributed by atoms with Gasteiger partial charge in [-0.1, -0.05) is 29.4 Å². The molecule has 1 fully saturated rings. The molecule has 0 radical (unpaired) electrons. The fraction of sp³-hybridized carbons (Fsp3) is 0.391. The summed E-state index contributed by atoms with van der Waals surface area (Å²) in [5.41, 5.74) is 2.54. The number of thiophene rings is 1. The Balaban J connectivity index is 1.61. The van der Waals surface area contributed by atoms with Crippen molar-refractivity contribution in [1.29, 1.82) is 0 Å². The molecule has 3 aromatic rings. The van der Waals surface area contributed by atoms with Crippen LogP contribution in [0.1, 0.15) is 41.7 Å². The Morgan fingerprint density at radius 1 is 1.19 bits per heavy atom. The van der Waals surface area contributed by atoms with Crippen LogP contribution in [0.4, 0.5) is 0 Å². The van der Waals surface area contributed by atoms with E-state index in [9.17, 15) is 14.4 Å². The zero-order valence-corrected chi connectivity index (χ0v) is 20.0. The van der Waals surface area contributed by atoms with Gasteiger partial charge in [-0.2, -0.15) is 0 Å². The maximum Gasteiger partial charge on any atom is 0.267 e. The molecular weight excluding hydrogens is 466 g/mol. The molecule has 1 aliphatic heterocycles. The number of imide groups is 1. The van der Waals surface area contributed by atoms with Gasteiger partial charge < -0.3 is 0 Å². The number of hydrogen-bond donors (Lipinski definition) is 0. The molecule has 2 amide bonds. The first-order valence-electron chi connectivity index (χ1n) is 10.7. The van der Waals surface area contributed by atoms with E-state index in [4.69, 9.17) is 16.6 Å². The first kappa shape index (κ1) is 21.7. The van der Waals surface area contributed by atoms with Crippen molar-refractivity contribution in [1.82, 2.24) is 14.5 Å². The molecule has 1 saturated heterocycles. The fourth-order valence-electron chi connectivity index (χ4n) is 4.35. The van der Waals surface area contributed by atoms with Crippen molar-refractivity contribution in [3.05, 3.63) is 49.6 Å². The Kier molecular flexibility index (Phi) is 5.86. The highest BCUT2D eigenvalue weighted by molar-refractivity contribution is 7.99. The summed E-state index contributed by atoms with van der Waals surface area (Å²) in [5.74, 6) is -0.326. The van der Waals surface area contributed by atoms with E-state index >= 15 is 0 Å². The van der Waals surface area contributed by atoms with Crippen molar-refractivity contribution in [2.45, 2.75) is 50.6 Å².